The smallest absolute Gasteiger partial charge is 0.145 e. The molecule has 0 saturated carbocycles. The van der Waals surface area contributed by atoms with E-state index < -0.39 is 0 Å². The van der Waals surface area contributed by atoms with Crippen molar-refractivity contribution in [1.82, 2.24) is 9.55 Å². The highest BCUT2D eigenvalue weighted by atomic mass is 15.1. The van der Waals surface area contributed by atoms with E-state index in [-0.39, 0.29) is 0 Å². The number of para-hydroxylation sites is 1. The topological polar surface area (TPSA) is 41.6 Å². The molecule has 0 bridgehead atoms. The van der Waals surface area contributed by atoms with Crippen LogP contribution in [0.25, 0.3) is 93.5 Å². The zero-order valence-corrected chi connectivity index (χ0v) is 27.6. The third-order valence-corrected chi connectivity index (χ3v) is 10.2. The molecule has 0 amide bonds. The molecule has 0 fully saturated rings. The monoisotopic (exact) mass is 647 g/mol. The molecule has 236 valence electrons. The van der Waals surface area contributed by atoms with Gasteiger partial charge in [0.05, 0.1) is 22.7 Å². The molecule has 0 aliphatic heterocycles. The van der Waals surface area contributed by atoms with E-state index in [4.69, 9.17) is 4.98 Å². The third kappa shape index (κ3) is 4.48. The van der Waals surface area contributed by atoms with Crippen LogP contribution in [0.15, 0.2) is 176 Å². The van der Waals surface area contributed by atoms with E-state index in [1.54, 1.807) is 0 Å². The third-order valence-electron chi connectivity index (χ3n) is 10.2. The van der Waals surface area contributed by atoms with Gasteiger partial charge in [0.15, 0.2) is 0 Å². The molecule has 0 spiro atoms. The van der Waals surface area contributed by atoms with Crippen molar-refractivity contribution in [3.8, 4) is 45.4 Å². The maximum atomic E-state index is 9.44. The predicted octanol–water partition coefficient (Wildman–Crippen LogP) is 12.5. The average Bonchev–Trinajstić information content (AvgIpc) is 3.62. The number of aromatic nitrogens is 2. The average molecular weight is 648 g/mol. The van der Waals surface area contributed by atoms with Crippen LogP contribution in [0.3, 0.4) is 0 Å². The van der Waals surface area contributed by atoms with Crippen LogP contribution < -0.4 is 0 Å². The molecule has 0 radical (unpaired) electrons. The molecule has 0 saturated heterocycles. The Morgan fingerprint density at radius 1 is 0.392 bits per heavy atom. The summed E-state index contributed by atoms with van der Waals surface area (Å²) in [6.07, 6.45) is 0. The van der Waals surface area contributed by atoms with Crippen LogP contribution >= 0.6 is 0 Å². The molecule has 0 aliphatic carbocycles. The molecule has 1 heterocycles. The number of hydrogen-bond donors (Lipinski definition) is 0. The van der Waals surface area contributed by atoms with Crippen molar-refractivity contribution in [2.75, 3.05) is 0 Å². The SMILES string of the molecule is N#Cc1ccc(-c2c3ccccc3c(-c3ccc(-c4nc5c6ccccc6c6ccccc6c5n4-c4ccccc4)cc3)c3ccccc23)cc1. The van der Waals surface area contributed by atoms with Crippen LogP contribution in [-0.4, -0.2) is 9.55 Å². The summed E-state index contributed by atoms with van der Waals surface area (Å²) >= 11 is 0. The van der Waals surface area contributed by atoms with Gasteiger partial charge in [-0.05, 0) is 78.8 Å². The summed E-state index contributed by atoms with van der Waals surface area (Å²) < 4.78 is 2.33. The Kier molecular flexibility index (Phi) is 6.56. The Morgan fingerprint density at radius 3 is 1.33 bits per heavy atom. The van der Waals surface area contributed by atoms with E-state index in [0.717, 1.165) is 44.6 Å². The second-order valence-electron chi connectivity index (χ2n) is 13.0. The van der Waals surface area contributed by atoms with Crippen molar-refractivity contribution < 1.29 is 0 Å². The van der Waals surface area contributed by atoms with Crippen molar-refractivity contribution in [2.24, 2.45) is 0 Å². The summed E-state index contributed by atoms with van der Waals surface area (Å²) in [4.78, 5) is 5.44. The van der Waals surface area contributed by atoms with E-state index in [2.05, 4.69) is 174 Å². The lowest BCUT2D eigenvalue weighted by atomic mass is 9.86. The second-order valence-corrected chi connectivity index (χ2v) is 13.0. The molecular weight excluding hydrogens is 619 g/mol. The van der Waals surface area contributed by atoms with Gasteiger partial charge in [0.25, 0.3) is 0 Å². The maximum Gasteiger partial charge on any atom is 0.145 e. The van der Waals surface area contributed by atoms with Crippen LogP contribution in [-0.2, 0) is 0 Å². The highest BCUT2D eigenvalue weighted by Crippen LogP contribution is 2.44. The van der Waals surface area contributed by atoms with Gasteiger partial charge in [-0.25, -0.2) is 4.98 Å². The van der Waals surface area contributed by atoms with Crippen LogP contribution in [0.4, 0.5) is 0 Å². The number of imidazole rings is 1. The molecule has 1 aromatic heterocycles. The molecule has 0 atom stereocenters. The Morgan fingerprint density at radius 2 is 0.804 bits per heavy atom. The molecule has 10 rings (SSSR count). The van der Waals surface area contributed by atoms with E-state index in [9.17, 15) is 5.26 Å². The number of nitriles is 1. The predicted molar refractivity (Wildman–Crippen MR) is 212 cm³/mol. The van der Waals surface area contributed by atoms with Crippen molar-refractivity contribution in [3.05, 3.63) is 181 Å². The standard InChI is InChI=1S/C48H29N3/c49-30-31-22-24-32(25-23-31)44-38-16-6-8-18-40(38)45(41-19-9-7-17-39(41)44)33-26-28-34(29-27-33)48-50-46-42-20-10-4-14-36(42)37-15-5-11-21-43(37)47(46)51(48)35-12-2-1-3-13-35/h1-29H. The van der Waals surface area contributed by atoms with Crippen molar-refractivity contribution in [2.45, 2.75) is 0 Å². The minimum absolute atomic E-state index is 0.659. The van der Waals surface area contributed by atoms with Crippen LogP contribution in [0.2, 0.25) is 0 Å². The Bertz CT molecular complexity index is 2940. The van der Waals surface area contributed by atoms with Crippen molar-refractivity contribution in [1.29, 1.82) is 5.26 Å². The Balaban J connectivity index is 1.21. The zero-order valence-electron chi connectivity index (χ0n) is 27.6. The highest BCUT2D eigenvalue weighted by Gasteiger charge is 2.21. The Hall–Kier alpha value is -7.02. The summed E-state index contributed by atoms with van der Waals surface area (Å²) in [6.45, 7) is 0. The first-order valence-corrected chi connectivity index (χ1v) is 17.2. The van der Waals surface area contributed by atoms with Crippen molar-refractivity contribution >= 4 is 54.1 Å². The second kappa shape index (κ2) is 11.6. The largest absolute Gasteiger partial charge is 0.292 e. The normalized spacial score (nSPS) is 11.5. The first-order valence-electron chi connectivity index (χ1n) is 17.2. The van der Waals surface area contributed by atoms with Gasteiger partial charge >= 0.3 is 0 Å². The quantitative estimate of drug-likeness (QED) is 0.141. The summed E-state index contributed by atoms with van der Waals surface area (Å²) in [5.41, 5.74) is 9.54. The highest BCUT2D eigenvalue weighted by molar-refractivity contribution is 6.24. The van der Waals surface area contributed by atoms with E-state index >= 15 is 0 Å². The maximum absolute atomic E-state index is 9.44. The molecule has 0 N–H and O–H groups in total. The molecule has 10 aromatic rings. The number of fused-ring (bicyclic) bond motifs is 8. The number of rotatable bonds is 4. The van der Waals surface area contributed by atoms with Gasteiger partial charge < -0.3 is 0 Å². The van der Waals surface area contributed by atoms with Crippen molar-refractivity contribution in [3.63, 3.8) is 0 Å². The van der Waals surface area contributed by atoms with Gasteiger partial charge in [0, 0.05) is 22.0 Å². The lowest BCUT2D eigenvalue weighted by molar-refractivity contribution is 1.11. The fourth-order valence-electron chi connectivity index (χ4n) is 7.98. The van der Waals surface area contributed by atoms with Gasteiger partial charge in [-0.15, -0.1) is 0 Å². The number of nitrogens with zero attached hydrogens (tertiary/aromatic N) is 3. The first-order chi connectivity index (χ1) is 25.3. The van der Waals surface area contributed by atoms with Gasteiger partial charge in [0.2, 0.25) is 0 Å². The number of benzene rings is 9. The van der Waals surface area contributed by atoms with Gasteiger partial charge in [-0.2, -0.15) is 5.26 Å². The minimum Gasteiger partial charge on any atom is -0.292 e. The first kappa shape index (κ1) is 28.9. The molecule has 51 heavy (non-hydrogen) atoms. The van der Waals surface area contributed by atoms with E-state index in [0.29, 0.717) is 5.56 Å². The summed E-state index contributed by atoms with van der Waals surface area (Å²) in [6, 6.07) is 64.3. The summed E-state index contributed by atoms with van der Waals surface area (Å²) in [5.74, 6) is 0.912. The molecule has 0 aliphatic rings. The minimum atomic E-state index is 0.659. The fraction of sp³-hybridized carbons (Fsp3) is 0. The van der Waals surface area contributed by atoms with Gasteiger partial charge in [-0.3, -0.25) is 4.57 Å². The fourth-order valence-corrected chi connectivity index (χ4v) is 7.98. The number of hydrogen-bond acceptors (Lipinski definition) is 2. The van der Waals surface area contributed by atoms with E-state index in [1.807, 2.05) is 12.1 Å². The van der Waals surface area contributed by atoms with Gasteiger partial charge in [-0.1, -0.05) is 152 Å². The van der Waals surface area contributed by atoms with Crippen LogP contribution in [0.1, 0.15) is 5.56 Å². The van der Waals surface area contributed by atoms with Crippen LogP contribution in [0.5, 0.6) is 0 Å². The molecule has 3 nitrogen and oxygen atoms in total. The van der Waals surface area contributed by atoms with Gasteiger partial charge in [0.1, 0.15) is 5.82 Å². The zero-order chi connectivity index (χ0) is 33.9. The van der Waals surface area contributed by atoms with Crippen LogP contribution in [0, 0.1) is 11.3 Å². The molecule has 0 unspecified atom stereocenters. The summed E-state index contributed by atoms with van der Waals surface area (Å²) in [5, 5.41) is 19.0. The molecule has 3 heteroatoms. The Labute approximate surface area is 294 Å². The molecular formula is C48H29N3. The molecule has 9 aromatic carbocycles. The lowest BCUT2D eigenvalue weighted by Crippen LogP contribution is -1.98. The van der Waals surface area contributed by atoms with E-state index in [1.165, 1.54) is 48.8 Å². The lowest BCUT2D eigenvalue weighted by Gasteiger charge is -2.18. The summed E-state index contributed by atoms with van der Waals surface area (Å²) in [7, 11) is 0.